The Morgan fingerprint density at radius 2 is 2.08 bits per heavy atom. The van der Waals surface area contributed by atoms with Crippen LogP contribution in [0.2, 0.25) is 0 Å². The van der Waals surface area contributed by atoms with Crippen molar-refractivity contribution in [1.29, 1.82) is 0 Å². The number of imidazole rings is 1. The topological polar surface area (TPSA) is 101 Å². The Balaban J connectivity index is 1.53. The Hall–Kier alpha value is -2.77. The maximum absolute atomic E-state index is 12.9. The molecular weight excluding hydrogens is 306 g/mol. The number of rotatable bonds is 4. The molecule has 1 amide bonds. The van der Waals surface area contributed by atoms with Crippen LogP contribution in [0.15, 0.2) is 30.6 Å². The van der Waals surface area contributed by atoms with Crippen LogP contribution in [0.25, 0.3) is 11.0 Å². The molecule has 24 heavy (non-hydrogen) atoms. The summed E-state index contributed by atoms with van der Waals surface area (Å²) in [6, 6.07) is 7.82. The molecule has 0 bridgehead atoms. The molecule has 1 saturated carbocycles. The highest BCUT2D eigenvalue weighted by Gasteiger charge is 2.42. The number of nitrogens with one attached hydrogen (secondary N) is 2. The summed E-state index contributed by atoms with van der Waals surface area (Å²) in [5, 5.41) is 14.4. The third-order valence-corrected chi connectivity index (χ3v) is 4.75. The summed E-state index contributed by atoms with van der Waals surface area (Å²) in [6.45, 7) is 0.359. The van der Waals surface area contributed by atoms with Gasteiger partial charge in [0, 0.05) is 0 Å². The molecule has 8 nitrogen and oxygen atoms in total. The van der Waals surface area contributed by atoms with Gasteiger partial charge in [-0.2, -0.15) is 0 Å². The molecule has 1 fully saturated rings. The van der Waals surface area contributed by atoms with Gasteiger partial charge >= 0.3 is 0 Å². The van der Waals surface area contributed by atoms with E-state index in [1.165, 1.54) is 6.33 Å². The normalized spacial score (nSPS) is 17.0. The lowest BCUT2D eigenvalue weighted by atomic mass is 9.81. The standard InChI is InChI=1S/C16H19N7O/c24-15(16(8-4-1-5-9-16)23-11-18-21-22-23)17-10-14-19-12-6-2-3-7-13(12)20-14/h2-3,6-7,11H,1,4-5,8-10H2,(H,17,24)(H,19,20). The van der Waals surface area contributed by atoms with Crippen molar-refractivity contribution in [3.05, 3.63) is 36.4 Å². The number of tetrazole rings is 1. The fourth-order valence-electron chi connectivity index (χ4n) is 3.47. The van der Waals surface area contributed by atoms with E-state index in [4.69, 9.17) is 0 Å². The van der Waals surface area contributed by atoms with Crippen LogP contribution in [0.4, 0.5) is 0 Å². The first-order valence-corrected chi connectivity index (χ1v) is 8.23. The summed E-state index contributed by atoms with van der Waals surface area (Å²) >= 11 is 0. The second-order valence-corrected chi connectivity index (χ2v) is 6.23. The van der Waals surface area contributed by atoms with Crippen LogP contribution in [0, 0.1) is 0 Å². The second-order valence-electron chi connectivity index (χ2n) is 6.23. The largest absolute Gasteiger partial charge is 0.347 e. The summed E-state index contributed by atoms with van der Waals surface area (Å²) in [4.78, 5) is 20.7. The lowest BCUT2D eigenvalue weighted by Gasteiger charge is -2.34. The molecule has 0 saturated heterocycles. The van der Waals surface area contributed by atoms with Gasteiger partial charge in [-0.25, -0.2) is 9.67 Å². The van der Waals surface area contributed by atoms with Crippen molar-refractivity contribution in [2.45, 2.75) is 44.2 Å². The van der Waals surface area contributed by atoms with Gasteiger partial charge in [0.25, 0.3) is 0 Å². The molecule has 0 atom stereocenters. The first-order chi connectivity index (χ1) is 11.8. The number of amides is 1. The van der Waals surface area contributed by atoms with E-state index >= 15 is 0 Å². The predicted molar refractivity (Wildman–Crippen MR) is 86.8 cm³/mol. The molecule has 0 aliphatic heterocycles. The molecule has 3 aromatic rings. The zero-order valence-corrected chi connectivity index (χ0v) is 13.3. The Labute approximate surface area is 138 Å². The SMILES string of the molecule is O=C(NCc1nc2ccccc2[nH]1)C1(n2cnnn2)CCCCC1. The number of hydrogen-bond donors (Lipinski definition) is 2. The number of carbonyl (C=O) groups is 1. The minimum atomic E-state index is -0.687. The number of hydrogen-bond acceptors (Lipinski definition) is 5. The van der Waals surface area contributed by atoms with E-state index in [0.717, 1.165) is 49.0 Å². The minimum absolute atomic E-state index is 0.0463. The lowest BCUT2D eigenvalue weighted by Crippen LogP contribution is -2.50. The summed E-state index contributed by atoms with van der Waals surface area (Å²) in [6.07, 6.45) is 6.18. The molecule has 124 valence electrons. The summed E-state index contributed by atoms with van der Waals surface area (Å²) in [7, 11) is 0. The van der Waals surface area contributed by atoms with Crippen LogP contribution in [0.1, 0.15) is 37.9 Å². The number of nitrogens with zero attached hydrogens (tertiary/aromatic N) is 5. The zero-order chi connectivity index (χ0) is 16.4. The van der Waals surface area contributed by atoms with E-state index in [0.29, 0.717) is 6.54 Å². The van der Waals surface area contributed by atoms with Crippen molar-refractivity contribution in [1.82, 2.24) is 35.5 Å². The van der Waals surface area contributed by atoms with Crippen molar-refractivity contribution in [3.63, 3.8) is 0 Å². The van der Waals surface area contributed by atoms with E-state index in [1.54, 1.807) is 4.68 Å². The quantitative estimate of drug-likeness (QED) is 0.757. The van der Waals surface area contributed by atoms with Gasteiger partial charge in [-0.15, -0.1) is 5.10 Å². The summed E-state index contributed by atoms with van der Waals surface area (Å²) < 4.78 is 1.61. The molecule has 4 rings (SSSR count). The van der Waals surface area contributed by atoms with E-state index in [1.807, 2.05) is 24.3 Å². The van der Waals surface area contributed by atoms with Gasteiger partial charge in [-0.3, -0.25) is 4.79 Å². The first kappa shape index (κ1) is 14.8. The van der Waals surface area contributed by atoms with E-state index < -0.39 is 5.54 Å². The number of H-pyrrole nitrogens is 1. The van der Waals surface area contributed by atoms with E-state index in [-0.39, 0.29) is 5.91 Å². The molecular formula is C16H19N7O. The molecule has 2 aromatic heterocycles. The van der Waals surface area contributed by atoms with E-state index in [9.17, 15) is 4.79 Å². The number of aromatic nitrogens is 6. The molecule has 2 heterocycles. The molecule has 1 aliphatic carbocycles. The third kappa shape index (κ3) is 2.53. The Morgan fingerprint density at radius 1 is 1.25 bits per heavy atom. The number of para-hydroxylation sites is 2. The van der Waals surface area contributed by atoms with E-state index in [2.05, 4.69) is 30.8 Å². The average molecular weight is 325 g/mol. The Bertz CT molecular complexity index is 800. The molecule has 2 N–H and O–H groups in total. The second kappa shape index (κ2) is 6.03. The summed E-state index contributed by atoms with van der Waals surface area (Å²) in [5.41, 5.74) is 1.18. The monoisotopic (exact) mass is 325 g/mol. The van der Waals surface area contributed by atoms with Gasteiger partial charge in [0.1, 0.15) is 17.7 Å². The van der Waals surface area contributed by atoms with Crippen molar-refractivity contribution in [2.24, 2.45) is 0 Å². The molecule has 0 radical (unpaired) electrons. The fourth-order valence-corrected chi connectivity index (χ4v) is 3.47. The highest BCUT2D eigenvalue weighted by molar-refractivity contribution is 5.84. The lowest BCUT2D eigenvalue weighted by molar-refractivity contribution is -0.132. The van der Waals surface area contributed by atoms with Gasteiger partial charge in [0.15, 0.2) is 0 Å². The first-order valence-electron chi connectivity index (χ1n) is 8.23. The maximum atomic E-state index is 12.9. The van der Waals surface area contributed by atoms with Crippen LogP contribution in [0.5, 0.6) is 0 Å². The number of fused-ring (bicyclic) bond motifs is 1. The minimum Gasteiger partial charge on any atom is -0.347 e. The van der Waals surface area contributed by atoms with Gasteiger partial charge in [-0.1, -0.05) is 31.4 Å². The Morgan fingerprint density at radius 3 is 2.83 bits per heavy atom. The van der Waals surface area contributed by atoms with Crippen molar-refractivity contribution >= 4 is 16.9 Å². The van der Waals surface area contributed by atoms with Gasteiger partial charge in [0.2, 0.25) is 5.91 Å². The number of aromatic amines is 1. The van der Waals surface area contributed by atoms with Gasteiger partial charge in [0.05, 0.1) is 17.6 Å². The molecule has 8 heteroatoms. The highest BCUT2D eigenvalue weighted by atomic mass is 16.2. The fraction of sp³-hybridized carbons (Fsp3) is 0.438. The van der Waals surface area contributed by atoms with Gasteiger partial charge < -0.3 is 10.3 Å². The van der Waals surface area contributed by atoms with Crippen molar-refractivity contribution in [2.75, 3.05) is 0 Å². The van der Waals surface area contributed by atoms with Crippen LogP contribution < -0.4 is 5.32 Å². The number of benzene rings is 1. The average Bonchev–Trinajstić information content (AvgIpc) is 3.29. The zero-order valence-electron chi connectivity index (χ0n) is 13.3. The smallest absolute Gasteiger partial charge is 0.248 e. The predicted octanol–water partition coefficient (Wildman–Crippen LogP) is 1.53. The van der Waals surface area contributed by atoms with Crippen LogP contribution >= 0.6 is 0 Å². The molecule has 1 aromatic carbocycles. The van der Waals surface area contributed by atoms with Crippen LogP contribution in [0.3, 0.4) is 0 Å². The van der Waals surface area contributed by atoms with Gasteiger partial charge in [-0.05, 0) is 35.4 Å². The molecule has 0 unspecified atom stereocenters. The Kier molecular flexibility index (Phi) is 3.72. The third-order valence-electron chi connectivity index (χ3n) is 4.75. The summed E-state index contributed by atoms with van der Waals surface area (Å²) in [5.74, 6) is 0.696. The number of carbonyl (C=O) groups excluding carboxylic acids is 1. The maximum Gasteiger partial charge on any atom is 0.248 e. The van der Waals surface area contributed by atoms with Crippen LogP contribution in [-0.4, -0.2) is 36.1 Å². The van der Waals surface area contributed by atoms with Crippen LogP contribution in [-0.2, 0) is 16.9 Å². The van der Waals surface area contributed by atoms with Crippen molar-refractivity contribution < 1.29 is 4.79 Å². The van der Waals surface area contributed by atoms with Crippen molar-refractivity contribution in [3.8, 4) is 0 Å². The molecule has 1 aliphatic rings. The molecule has 0 spiro atoms. The highest BCUT2D eigenvalue weighted by Crippen LogP contribution is 2.34.